The molecule has 144 valence electrons. The van der Waals surface area contributed by atoms with Gasteiger partial charge in [0.25, 0.3) is 5.91 Å². The monoisotopic (exact) mass is 389 g/mol. The molecule has 1 fully saturated rings. The summed E-state index contributed by atoms with van der Waals surface area (Å²) in [4.78, 5) is 25.1. The molecule has 2 aromatic rings. The van der Waals surface area contributed by atoms with Crippen LogP contribution >= 0.6 is 0 Å². The molecule has 0 bridgehead atoms. The topological polar surface area (TPSA) is 95.5 Å². The zero-order chi connectivity index (χ0) is 19.4. The van der Waals surface area contributed by atoms with E-state index >= 15 is 0 Å². The number of hydrogen-bond donors (Lipinski definition) is 1. The van der Waals surface area contributed by atoms with Gasteiger partial charge >= 0.3 is 0 Å². The van der Waals surface area contributed by atoms with E-state index < -0.39 is 10.0 Å². The van der Waals surface area contributed by atoms with E-state index in [1.807, 2.05) is 4.90 Å². The third kappa shape index (κ3) is 4.61. The smallest absolute Gasteiger partial charge is 0.254 e. The summed E-state index contributed by atoms with van der Waals surface area (Å²) < 4.78 is 27.2. The molecule has 3 rings (SSSR count). The first-order valence-corrected chi connectivity index (χ1v) is 10.3. The molecule has 1 amide bonds. The number of benzene rings is 1. The molecule has 1 saturated heterocycles. The van der Waals surface area contributed by atoms with Crippen molar-refractivity contribution in [2.45, 2.75) is 24.8 Å². The standard InChI is InChI=1S/C18H23N5O3S/c1-14(2)21-27(25,26)16-6-3-5-15(13-16)17(24)22-9-11-23(12-10-22)18-19-7-4-8-20-18/h3-8,13-14,21H,9-12H2,1-2H3. The fourth-order valence-corrected chi connectivity index (χ4v) is 4.22. The van der Waals surface area contributed by atoms with Crippen molar-refractivity contribution >= 4 is 21.9 Å². The lowest BCUT2D eigenvalue weighted by Gasteiger charge is -2.34. The molecule has 8 nitrogen and oxygen atoms in total. The van der Waals surface area contributed by atoms with Crippen LogP contribution in [0.2, 0.25) is 0 Å². The van der Waals surface area contributed by atoms with Gasteiger partial charge in [-0.3, -0.25) is 4.79 Å². The molecule has 0 aliphatic carbocycles. The van der Waals surface area contributed by atoms with Gasteiger partial charge in [0.05, 0.1) is 4.90 Å². The molecular formula is C18H23N5O3S. The Morgan fingerprint density at radius 1 is 1.07 bits per heavy atom. The Kier molecular flexibility index (Phi) is 5.71. The second kappa shape index (κ2) is 8.01. The van der Waals surface area contributed by atoms with Gasteiger partial charge in [0.1, 0.15) is 0 Å². The predicted octanol–water partition coefficient (Wildman–Crippen LogP) is 1.13. The van der Waals surface area contributed by atoms with Gasteiger partial charge in [0.2, 0.25) is 16.0 Å². The summed E-state index contributed by atoms with van der Waals surface area (Å²) in [7, 11) is -3.64. The first kappa shape index (κ1) is 19.2. The van der Waals surface area contributed by atoms with Crippen molar-refractivity contribution in [3.8, 4) is 0 Å². The molecule has 1 aromatic heterocycles. The number of rotatable bonds is 5. The molecule has 1 aromatic carbocycles. The van der Waals surface area contributed by atoms with Gasteiger partial charge in [0.15, 0.2) is 0 Å². The summed E-state index contributed by atoms with van der Waals surface area (Å²) >= 11 is 0. The van der Waals surface area contributed by atoms with Gasteiger partial charge in [-0.15, -0.1) is 0 Å². The van der Waals surface area contributed by atoms with E-state index in [-0.39, 0.29) is 16.8 Å². The minimum atomic E-state index is -3.64. The Hall–Kier alpha value is -2.52. The maximum Gasteiger partial charge on any atom is 0.254 e. The van der Waals surface area contributed by atoms with Crippen molar-refractivity contribution in [3.63, 3.8) is 0 Å². The lowest BCUT2D eigenvalue weighted by Crippen LogP contribution is -2.49. The van der Waals surface area contributed by atoms with Crippen LogP contribution in [0, 0.1) is 0 Å². The highest BCUT2D eigenvalue weighted by atomic mass is 32.2. The van der Waals surface area contributed by atoms with Crippen LogP contribution in [-0.4, -0.2) is 61.4 Å². The van der Waals surface area contributed by atoms with E-state index in [1.54, 1.807) is 49.3 Å². The van der Waals surface area contributed by atoms with Crippen LogP contribution in [0.1, 0.15) is 24.2 Å². The number of hydrogen-bond acceptors (Lipinski definition) is 6. The van der Waals surface area contributed by atoms with Crippen LogP contribution in [-0.2, 0) is 10.0 Å². The van der Waals surface area contributed by atoms with Gasteiger partial charge < -0.3 is 9.80 Å². The molecule has 0 unspecified atom stereocenters. The van der Waals surface area contributed by atoms with Gasteiger partial charge in [-0.05, 0) is 38.1 Å². The Balaban J connectivity index is 1.69. The average molecular weight is 389 g/mol. The summed E-state index contributed by atoms with van der Waals surface area (Å²) in [6.07, 6.45) is 3.38. The molecule has 1 N–H and O–H groups in total. The van der Waals surface area contributed by atoms with Crippen molar-refractivity contribution in [2.75, 3.05) is 31.1 Å². The predicted molar refractivity (Wildman–Crippen MR) is 102 cm³/mol. The fourth-order valence-electron chi connectivity index (χ4n) is 2.92. The van der Waals surface area contributed by atoms with E-state index in [2.05, 4.69) is 14.7 Å². The highest BCUT2D eigenvalue weighted by Gasteiger charge is 2.24. The summed E-state index contributed by atoms with van der Waals surface area (Å²) in [5.41, 5.74) is 0.367. The Morgan fingerprint density at radius 2 is 1.74 bits per heavy atom. The lowest BCUT2D eigenvalue weighted by atomic mass is 10.2. The van der Waals surface area contributed by atoms with Gasteiger partial charge in [-0.1, -0.05) is 6.07 Å². The van der Waals surface area contributed by atoms with Gasteiger partial charge in [-0.25, -0.2) is 23.1 Å². The number of piperazine rings is 1. The Labute approximate surface area is 159 Å². The number of anilines is 1. The van der Waals surface area contributed by atoms with Crippen LogP contribution in [0.5, 0.6) is 0 Å². The molecular weight excluding hydrogens is 366 g/mol. The zero-order valence-electron chi connectivity index (χ0n) is 15.4. The van der Waals surface area contributed by atoms with E-state index in [0.717, 1.165) is 0 Å². The maximum atomic E-state index is 12.8. The molecule has 0 radical (unpaired) electrons. The Bertz CT molecular complexity index is 894. The average Bonchev–Trinajstić information content (AvgIpc) is 2.67. The first-order chi connectivity index (χ1) is 12.9. The minimum Gasteiger partial charge on any atom is -0.337 e. The number of nitrogens with zero attached hydrogens (tertiary/aromatic N) is 4. The molecule has 2 heterocycles. The second-order valence-electron chi connectivity index (χ2n) is 6.63. The summed E-state index contributed by atoms with van der Waals surface area (Å²) in [6.45, 7) is 5.81. The molecule has 0 spiro atoms. The van der Waals surface area contributed by atoms with Crippen molar-refractivity contribution in [1.29, 1.82) is 0 Å². The normalized spacial score (nSPS) is 15.2. The van der Waals surface area contributed by atoms with Crippen LogP contribution in [0.25, 0.3) is 0 Å². The summed E-state index contributed by atoms with van der Waals surface area (Å²) in [5, 5.41) is 0. The fraction of sp³-hybridized carbons (Fsp3) is 0.389. The van der Waals surface area contributed by atoms with Crippen molar-refractivity contribution in [2.24, 2.45) is 0 Å². The SMILES string of the molecule is CC(C)NS(=O)(=O)c1cccc(C(=O)N2CCN(c3ncccn3)CC2)c1. The highest BCUT2D eigenvalue weighted by molar-refractivity contribution is 7.89. The number of amides is 1. The Morgan fingerprint density at radius 3 is 2.37 bits per heavy atom. The molecule has 9 heteroatoms. The number of sulfonamides is 1. The summed E-state index contributed by atoms with van der Waals surface area (Å²) in [5.74, 6) is 0.475. The van der Waals surface area contributed by atoms with Crippen molar-refractivity contribution < 1.29 is 13.2 Å². The van der Waals surface area contributed by atoms with E-state index in [0.29, 0.717) is 37.7 Å². The van der Waals surface area contributed by atoms with E-state index in [9.17, 15) is 13.2 Å². The van der Waals surface area contributed by atoms with Crippen molar-refractivity contribution in [1.82, 2.24) is 19.6 Å². The molecule has 1 aliphatic heterocycles. The third-order valence-electron chi connectivity index (χ3n) is 4.18. The molecule has 1 aliphatic rings. The molecule has 0 saturated carbocycles. The first-order valence-electron chi connectivity index (χ1n) is 8.80. The number of aromatic nitrogens is 2. The van der Waals surface area contributed by atoms with Gasteiger partial charge in [0, 0.05) is 50.2 Å². The zero-order valence-corrected chi connectivity index (χ0v) is 16.2. The third-order valence-corrected chi connectivity index (χ3v) is 5.84. The van der Waals surface area contributed by atoms with E-state index in [1.165, 1.54) is 12.1 Å². The van der Waals surface area contributed by atoms with E-state index in [4.69, 9.17) is 0 Å². The quantitative estimate of drug-likeness (QED) is 0.824. The maximum absolute atomic E-state index is 12.8. The largest absolute Gasteiger partial charge is 0.337 e. The van der Waals surface area contributed by atoms with Crippen LogP contribution in [0.3, 0.4) is 0 Å². The van der Waals surface area contributed by atoms with Crippen LogP contribution in [0.4, 0.5) is 5.95 Å². The molecule has 0 atom stereocenters. The van der Waals surface area contributed by atoms with Gasteiger partial charge in [-0.2, -0.15) is 0 Å². The van der Waals surface area contributed by atoms with Crippen LogP contribution in [0.15, 0.2) is 47.6 Å². The van der Waals surface area contributed by atoms with Crippen molar-refractivity contribution in [3.05, 3.63) is 48.3 Å². The number of carbonyl (C=O) groups excluding carboxylic acids is 1. The number of nitrogens with one attached hydrogen (secondary N) is 1. The van der Waals surface area contributed by atoms with Crippen LogP contribution < -0.4 is 9.62 Å². The minimum absolute atomic E-state index is 0.0957. The second-order valence-corrected chi connectivity index (χ2v) is 8.35. The molecule has 27 heavy (non-hydrogen) atoms. The highest BCUT2D eigenvalue weighted by Crippen LogP contribution is 2.16. The number of carbonyl (C=O) groups is 1. The lowest BCUT2D eigenvalue weighted by molar-refractivity contribution is 0.0746. The summed E-state index contributed by atoms with van der Waals surface area (Å²) in [6, 6.07) is 7.70.